The first kappa shape index (κ1) is 26.9. The van der Waals surface area contributed by atoms with Crippen LogP contribution in [0.1, 0.15) is 17.7 Å². The Balaban J connectivity index is 1.41. The largest absolute Gasteiger partial charge is 0.353 e. The first-order valence-electron chi connectivity index (χ1n) is 12.3. The van der Waals surface area contributed by atoms with Crippen molar-refractivity contribution in [2.45, 2.75) is 13.3 Å². The number of para-hydroxylation sites is 1. The molecule has 4 rings (SSSR count). The Kier molecular flexibility index (Phi) is 8.42. The highest BCUT2D eigenvalue weighted by atomic mass is 32.2. The normalized spacial score (nSPS) is 14.9. The lowest BCUT2D eigenvalue weighted by molar-refractivity contribution is -0.141. The second kappa shape index (κ2) is 11.9. The first-order chi connectivity index (χ1) is 18.3. The number of hydrogen-bond donors (Lipinski definition) is 1. The van der Waals surface area contributed by atoms with Gasteiger partial charge in [0.1, 0.15) is 11.7 Å². The maximum atomic E-state index is 13.3. The third-order valence-electron chi connectivity index (χ3n) is 6.23. The molecule has 2 heterocycles. The zero-order valence-electron chi connectivity index (χ0n) is 21.2. The van der Waals surface area contributed by atoms with Crippen LogP contribution in [0.5, 0.6) is 0 Å². The molecule has 2 amide bonds. The van der Waals surface area contributed by atoms with Crippen LogP contribution >= 0.6 is 0 Å². The quantitative estimate of drug-likeness (QED) is 0.335. The van der Waals surface area contributed by atoms with Crippen molar-refractivity contribution in [1.29, 1.82) is 0 Å². The Bertz CT molecular complexity index is 1410. The molecule has 38 heavy (non-hydrogen) atoms. The number of hydrogen-bond acceptors (Lipinski definition) is 6. The first-order valence-corrected chi connectivity index (χ1v) is 13.9. The number of carbonyl (C=O) groups is 2. The maximum Gasteiger partial charge on any atom is 0.257 e. The van der Waals surface area contributed by atoms with E-state index in [1.165, 1.54) is 12.2 Å². The van der Waals surface area contributed by atoms with Gasteiger partial charge < -0.3 is 9.80 Å². The van der Waals surface area contributed by atoms with Gasteiger partial charge in [-0.15, -0.1) is 6.58 Å². The Morgan fingerprint density at radius 2 is 1.66 bits per heavy atom. The Hall–Kier alpha value is -4.18. The molecule has 3 aromatic rings. The molecule has 0 saturated carbocycles. The molecule has 0 spiro atoms. The molecule has 9 nitrogen and oxygen atoms in total. The predicted octanol–water partition coefficient (Wildman–Crippen LogP) is 3.14. The molecule has 1 aliphatic rings. The number of carbonyl (C=O) groups excluding carboxylic acids is 2. The minimum atomic E-state index is -4.08. The lowest BCUT2D eigenvalue weighted by Gasteiger charge is -2.37. The molecule has 198 valence electrons. The topological polar surface area (TPSA) is 105 Å². The number of nitrogens with one attached hydrogen (secondary N) is 1. The monoisotopic (exact) mass is 533 g/mol. The summed E-state index contributed by atoms with van der Waals surface area (Å²) in [7, 11) is -4.08. The van der Waals surface area contributed by atoms with Crippen LogP contribution in [0.15, 0.2) is 84.8 Å². The van der Waals surface area contributed by atoms with Gasteiger partial charge in [0.05, 0.1) is 16.8 Å². The van der Waals surface area contributed by atoms with Crippen LogP contribution in [-0.4, -0.2) is 61.1 Å². The Morgan fingerprint density at radius 3 is 2.29 bits per heavy atom. The van der Waals surface area contributed by atoms with E-state index >= 15 is 0 Å². The van der Waals surface area contributed by atoms with Gasteiger partial charge in [-0.2, -0.15) is 5.10 Å². The maximum absolute atomic E-state index is 13.3. The van der Waals surface area contributed by atoms with Crippen LogP contribution in [0.3, 0.4) is 0 Å². The molecule has 0 radical (unpaired) electrons. The number of piperazine rings is 1. The summed E-state index contributed by atoms with van der Waals surface area (Å²) in [6, 6.07) is 20.7. The van der Waals surface area contributed by atoms with Crippen LogP contribution in [0.25, 0.3) is 11.8 Å². The van der Waals surface area contributed by atoms with Crippen molar-refractivity contribution in [3.05, 3.63) is 96.1 Å². The molecule has 1 aliphatic heterocycles. The zero-order valence-corrected chi connectivity index (χ0v) is 22.0. The van der Waals surface area contributed by atoms with Crippen molar-refractivity contribution in [3.63, 3.8) is 0 Å². The highest BCUT2D eigenvalue weighted by molar-refractivity contribution is 7.93. The van der Waals surface area contributed by atoms with Gasteiger partial charge in [0.15, 0.2) is 0 Å². The highest BCUT2D eigenvalue weighted by Gasteiger charge is 2.33. The van der Waals surface area contributed by atoms with Gasteiger partial charge in [0, 0.05) is 32.2 Å². The third-order valence-corrected chi connectivity index (χ3v) is 7.21. The number of aryl methyl sites for hydroxylation is 1. The van der Waals surface area contributed by atoms with Gasteiger partial charge in [-0.05, 0) is 37.1 Å². The zero-order chi connectivity index (χ0) is 27.1. The lowest BCUT2D eigenvalue weighted by Crippen LogP contribution is -2.53. The predicted molar refractivity (Wildman–Crippen MR) is 148 cm³/mol. The minimum Gasteiger partial charge on any atom is -0.353 e. The molecule has 1 N–H and O–H groups in total. The van der Waals surface area contributed by atoms with Gasteiger partial charge in [0.25, 0.3) is 10.0 Å². The SMILES string of the molecule is C=CCC(C(=O)NS(=O)(=O)/C=C/c1ccccc1)C(=O)N1CCN(c2cc(C)nn2-c2ccccc2)CC1. The fourth-order valence-corrected chi connectivity index (χ4v) is 5.14. The fourth-order valence-electron chi connectivity index (χ4n) is 4.31. The summed E-state index contributed by atoms with van der Waals surface area (Å²) in [4.78, 5) is 29.9. The smallest absolute Gasteiger partial charge is 0.257 e. The molecular formula is C28H31N5O4S. The van der Waals surface area contributed by atoms with Crippen LogP contribution in [0.4, 0.5) is 5.82 Å². The van der Waals surface area contributed by atoms with Gasteiger partial charge in [-0.1, -0.05) is 54.6 Å². The summed E-state index contributed by atoms with van der Waals surface area (Å²) >= 11 is 0. The molecule has 10 heteroatoms. The van der Waals surface area contributed by atoms with Crippen molar-refractivity contribution < 1.29 is 18.0 Å². The summed E-state index contributed by atoms with van der Waals surface area (Å²) in [6.45, 7) is 7.45. The van der Waals surface area contributed by atoms with Crippen LogP contribution in [-0.2, 0) is 19.6 Å². The molecule has 1 unspecified atom stereocenters. The van der Waals surface area contributed by atoms with E-state index in [1.54, 1.807) is 29.2 Å². The number of nitrogens with zero attached hydrogens (tertiary/aromatic N) is 4. The van der Waals surface area contributed by atoms with Crippen molar-refractivity contribution in [1.82, 2.24) is 19.4 Å². The average molecular weight is 534 g/mol. The summed E-state index contributed by atoms with van der Waals surface area (Å²) in [5.74, 6) is -1.54. The molecule has 1 saturated heterocycles. The third kappa shape index (κ3) is 6.57. The fraction of sp³-hybridized carbons (Fsp3) is 0.250. The summed E-state index contributed by atoms with van der Waals surface area (Å²) in [5, 5.41) is 5.55. The van der Waals surface area contributed by atoms with Crippen molar-refractivity contribution in [3.8, 4) is 5.69 Å². The van der Waals surface area contributed by atoms with Gasteiger partial charge in [0.2, 0.25) is 11.8 Å². The lowest BCUT2D eigenvalue weighted by atomic mass is 10.0. The number of amides is 2. The van der Waals surface area contributed by atoms with E-state index in [-0.39, 0.29) is 6.42 Å². The van der Waals surface area contributed by atoms with Gasteiger partial charge in [-0.3, -0.25) is 9.59 Å². The summed E-state index contributed by atoms with van der Waals surface area (Å²) in [6.07, 6.45) is 2.87. The Morgan fingerprint density at radius 1 is 1.03 bits per heavy atom. The highest BCUT2D eigenvalue weighted by Crippen LogP contribution is 2.23. The van der Waals surface area contributed by atoms with Crippen LogP contribution < -0.4 is 9.62 Å². The van der Waals surface area contributed by atoms with E-state index in [0.29, 0.717) is 31.7 Å². The van der Waals surface area contributed by atoms with E-state index < -0.39 is 27.8 Å². The molecule has 1 aromatic heterocycles. The number of sulfonamides is 1. The molecule has 0 aliphatic carbocycles. The van der Waals surface area contributed by atoms with E-state index in [2.05, 4.69) is 16.6 Å². The second-order valence-corrected chi connectivity index (χ2v) is 10.6. The standard InChI is InChI=1S/C28H31N5O4S/c1-3-10-25(27(34)30-38(36,37)20-15-23-11-6-4-7-12-23)28(35)32-18-16-31(17-19-32)26-21-22(2)29-33(26)24-13-8-5-9-14-24/h3-9,11-15,20-21,25H,1,10,16-19H2,2H3,(H,30,34)/b20-15+. The second-order valence-electron chi connectivity index (χ2n) is 9.01. The van der Waals surface area contributed by atoms with Crippen LogP contribution in [0, 0.1) is 12.8 Å². The summed E-state index contributed by atoms with van der Waals surface area (Å²) < 4.78 is 28.9. The van der Waals surface area contributed by atoms with E-state index in [1.807, 2.05) is 58.8 Å². The van der Waals surface area contributed by atoms with Gasteiger partial charge >= 0.3 is 0 Å². The number of benzene rings is 2. The number of rotatable bonds is 9. The number of aromatic nitrogens is 2. The number of allylic oxidation sites excluding steroid dienone is 1. The van der Waals surface area contributed by atoms with Gasteiger partial charge in [-0.25, -0.2) is 17.8 Å². The molecule has 1 fully saturated rings. The Labute approximate surface area is 223 Å². The van der Waals surface area contributed by atoms with E-state index in [0.717, 1.165) is 22.6 Å². The van der Waals surface area contributed by atoms with Crippen molar-refractivity contribution in [2.75, 3.05) is 31.1 Å². The molecule has 1 atom stereocenters. The van der Waals surface area contributed by atoms with E-state index in [4.69, 9.17) is 0 Å². The van der Waals surface area contributed by atoms with Crippen molar-refractivity contribution >= 4 is 33.7 Å². The number of anilines is 1. The van der Waals surface area contributed by atoms with Crippen molar-refractivity contribution in [2.24, 2.45) is 5.92 Å². The molecule has 2 aromatic carbocycles. The minimum absolute atomic E-state index is 0.0305. The van der Waals surface area contributed by atoms with E-state index in [9.17, 15) is 18.0 Å². The molecular weight excluding hydrogens is 502 g/mol. The molecule has 0 bridgehead atoms. The van der Waals surface area contributed by atoms with Crippen LogP contribution in [0.2, 0.25) is 0 Å². The summed E-state index contributed by atoms with van der Waals surface area (Å²) in [5.41, 5.74) is 2.50. The average Bonchev–Trinajstić information content (AvgIpc) is 3.32.